The van der Waals surface area contributed by atoms with Crippen molar-refractivity contribution in [2.45, 2.75) is 68.5 Å². The first-order chi connectivity index (χ1) is 15.7. The van der Waals surface area contributed by atoms with Crippen molar-refractivity contribution in [3.8, 4) is 0 Å². The number of nitrogens with one attached hydrogen (secondary N) is 2. The van der Waals surface area contributed by atoms with Gasteiger partial charge in [0, 0.05) is 30.1 Å². The maximum atomic E-state index is 12.1. The highest BCUT2D eigenvalue weighted by atomic mass is 32.2. The van der Waals surface area contributed by atoms with Gasteiger partial charge in [-0.25, -0.2) is 18.4 Å². The van der Waals surface area contributed by atoms with Gasteiger partial charge in [-0.1, -0.05) is 19.4 Å². The Labute approximate surface area is 195 Å². The van der Waals surface area contributed by atoms with Crippen LogP contribution in [0.2, 0.25) is 0 Å². The van der Waals surface area contributed by atoms with Crippen LogP contribution < -0.4 is 16.4 Å². The molecule has 2 aliphatic rings. The number of hydrogen-bond acceptors (Lipinski definition) is 8. The number of fused-ring (bicyclic) bond motifs is 2. The Balaban J connectivity index is 1.65. The number of rotatable bonds is 7. The fraction of sp³-hybridized carbons (Fsp3) is 0.522. The van der Waals surface area contributed by atoms with Gasteiger partial charge in [0.05, 0.1) is 10.6 Å². The number of piperidine rings is 2. The van der Waals surface area contributed by atoms with E-state index in [1.54, 1.807) is 12.1 Å². The summed E-state index contributed by atoms with van der Waals surface area (Å²) in [5.41, 5.74) is 6.80. The molecule has 2 aliphatic heterocycles. The molecule has 0 saturated carbocycles. The molecule has 2 fully saturated rings. The molecule has 178 valence electrons. The van der Waals surface area contributed by atoms with Crippen LogP contribution in [-0.4, -0.2) is 60.6 Å². The molecule has 33 heavy (non-hydrogen) atoms. The first-order valence-electron chi connectivity index (χ1n) is 11.4. The molecule has 3 atom stereocenters. The molecule has 3 heterocycles. The minimum atomic E-state index is -3.38. The molecule has 0 aliphatic carbocycles. The molecule has 2 saturated heterocycles. The Hall–Kier alpha value is -2.72. The summed E-state index contributed by atoms with van der Waals surface area (Å²) in [6.45, 7) is 1.96. The van der Waals surface area contributed by atoms with Crippen LogP contribution in [0.4, 0.5) is 17.3 Å². The molecule has 2 bridgehead atoms. The number of benzene rings is 1. The van der Waals surface area contributed by atoms with Gasteiger partial charge >= 0.3 is 0 Å². The first-order valence-corrected chi connectivity index (χ1v) is 13.3. The van der Waals surface area contributed by atoms with Crippen LogP contribution in [0.3, 0.4) is 0 Å². The number of carbonyl (C=O) groups excluding carboxylic acids is 1. The molecule has 1 amide bonds. The molecule has 2 aromatic rings. The lowest BCUT2D eigenvalue weighted by Crippen LogP contribution is -2.52. The Bertz CT molecular complexity index is 1140. The largest absolute Gasteiger partial charge is 0.366 e. The molecule has 4 rings (SSSR count). The fourth-order valence-electron chi connectivity index (χ4n) is 4.96. The lowest BCUT2D eigenvalue weighted by atomic mass is 9.82. The van der Waals surface area contributed by atoms with Crippen molar-refractivity contribution in [2.75, 3.05) is 23.9 Å². The van der Waals surface area contributed by atoms with Gasteiger partial charge in [0.2, 0.25) is 0 Å². The van der Waals surface area contributed by atoms with E-state index < -0.39 is 15.7 Å². The fourth-order valence-corrected chi connectivity index (χ4v) is 5.63. The topological polar surface area (TPSA) is 130 Å². The molecule has 9 nitrogen and oxygen atoms in total. The number of amides is 1. The molecule has 10 heteroatoms. The summed E-state index contributed by atoms with van der Waals surface area (Å²) in [6, 6.07) is 7.76. The average Bonchev–Trinajstić information content (AvgIpc) is 2.74. The summed E-state index contributed by atoms with van der Waals surface area (Å²) in [6.07, 6.45) is 7.52. The van der Waals surface area contributed by atoms with Crippen LogP contribution in [0.5, 0.6) is 0 Å². The molecular weight excluding hydrogens is 440 g/mol. The van der Waals surface area contributed by atoms with E-state index in [0.29, 0.717) is 35.7 Å². The monoisotopic (exact) mass is 472 g/mol. The van der Waals surface area contributed by atoms with Crippen molar-refractivity contribution in [3.05, 3.63) is 35.7 Å². The number of sulfone groups is 1. The SMILES string of the molecule is CCc1nc(C(N)=O)c(Nc2cccc(S(C)(=O)=O)c2)nc1N[C@@H]1CC2CCC[C@H](C1)N2C. The summed E-state index contributed by atoms with van der Waals surface area (Å²) in [5.74, 6) is 0.150. The van der Waals surface area contributed by atoms with Crippen LogP contribution in [0.1, 0.15) is 55.2 Å². The van der Waals surface area contributed by atoms with Crippen LogP contribution in [0, 0.1) is 0 Å². The van der Waals surface area contributed by atoms with Gasteiger partial charge in [-0.05, 0) is 57.4 Å². The predicted molar refractivity (Wildman–Crippen MR) is 129 cm³/mol. The van der Waals surface area contributed by atoms with Gasteiger partial charge in [0.15, 0.2) is 27.2 Å². The van der Waals surface area contributed by atoms with Crippen molar-refractivity contribution >= 4 is 33.1 Å². The summed E-state index contributed by atoms with van der Waals surface area (Å²) >= 11 is 0. The minimum absolute atomic E-state index is 0.0300. The van der Waals surface area contributed by atoms with Gasteiger partial charge in [0.25, 0.3) is 5.91 Å². The van der Waals surface area contributed by atoms with Gasteiger partial charge in [-0.2, -0.15) is 0 Å². The van der Waals surface area contributed by atoms with E-state index in [-0.39, 0.29) is 22.4 Å². The van der Waals surface area contributed by atoms with E-state index in [2.05, 4.69) is 27.6 Å². The van der Waals surface area contributed by atoms with Gasteiger partial charge in [-0.3, -0.25) is 4.79 Å². The zero-order valence-corrected chi connectivity index (χ0v) is 20.2. The van der Waals surface area contributed by atoms with Crippen molar-refractivity contribution in [3.63, 3.8) is 0 Å². The zero-order valence-electron chi connectivity index (χ0n) is 19.3. The lowest BCUT2D eigenvalue weighted by molar-refractivity contribution is 0.0607. The second-order valence-electron chi connectivity index (χ2n) is 9.08. The van der Waals surface area contributed by atoms with Crippen LogP contribution >= 0.6 is 0 Å². The van der Waals surface area contributed by atoms with Gasteiger partial charge in [-0.15, -0.1) is 0 Å². The first kappa shape index (κ1) is 23.4. The minimum Gasteiger partial charge on any atom is -0.366 e. The number of nitrogens with two attached hydrogens (primary N) is 1. The zero-order chi connectivity index (χ0) is 23.8. The maximum Gasteiger partial charge on any atom is 0.271 e. The van der Waals surface area contributed by atoms with Crippen molar-refractivity contribution < 1.29 is 13.2 Å². The average molecular weight is 473 g/mol. The van der Waals surface area contributed by atoms with Crippen LogP contribution in [-0.2, 0) is 16.3 Å². The molecule has 1 aromatic heterocycles. The van der Waals surface area contributed by atoms with E-state index in [1.165, 1.54) is 31.4 Å². The Morgan fingerprint density at radius 3 is 2.48 bits per heavy atom. The number of anilines is 3. The van der Waals surface area contributed by atoms with E-state index >= 15 is 0 Å². The number of aromatic nitrogens is 2. The maximum absolute atomic E-state index is 12.1. The number of hydrogen-bond donors (Lipinski definition) is 3. The second kappa shape index (κ2) is 9.26. The summed E-state index contributed by atoms with van der Waals surface area (Å²) < 4.78 is 23.9. The normalized spacial score (nSPS) is 23.2. The highest BCUT2D eigenvalue weighted by molar-refractivity contribution is 7.90. The Morgan fingerprint density at radius 2 is 1.88 bits per heavy atom. The molecule has 0 radical (unpaired) electrons. The van der Waals surface area contributed by atoms with Crippen molar-refractivity contribution in [1.82, 2.24) is 14.9 Å². The number of carbonyl (C=O) groups is 1. The molecular formula is C23H32N6O3S. The quantitative estimate of drug-likeness (QED) is 0.561. The summed E-state index contributed by atoms with van der Waals surface area (Å²) in [4.78, 5) is 24.0. The Morgan fingerprint density at radius 1 is 1.18 bits per heavy atom. The lowest BCUT2D eigenvalue weighted by Gasteiger charge is -2.47. The van der Waals surface area contributed by atoms with E-state index in [0.717, 1.165) is 19.1 Å². The van der Waals surface area contributed by atoms with E-state index in [1.807, 2.05) is 6.92 Å². The van der Waals surface area contributed by atoms with Crippen LogP contribution in [0.15, 0.2) is 29.2 Å². The van der Waals surface area contributed by atoms with Gasteiger partial charge in [0.1, 0.15) is 0 Å². The third kappa shape index (κ3) is 5.11. The summed E-state index contributed by atoms with van der Waals surface area (Å²) in [7, 11) is -1.16. The number of nitrogens with zero attached hydrogens (tertiary/aromatic N) is 3. The van der Waals surface area contributed by atoms with E-state index in [9.17, 15) is 13.2 Å². The molecule has 0 spiro atoms. The van der Waals surface area contributed by atoms with Crippen molar-refractivity contribution in [2.24, 2.45) is 5.73 Å². The highest BCUT2D eigenvalue weighted by Crippen LogP contribution is 2.34. The molecule has 4 N–H and O–H groups in total. The van der Waals surface area contributed by atoms with E-state index in [4.69, 9.17) is 10.7 Å². The smallest absolute Gasteiger partial charge is 0.271 e. The standard InChI is InChI=1S/C23H32N6O3S/c1-4-19-22(26-15-11-16-8-6-9-17(12-15)29(16)2)28-23(20(27-19)21(24)30)25-14-7-5-10-18(13-14)33(3,31)32/h5,7,10,13,15-17H,4,6,8-9,11-12H2,1-3H3,(H2,24,30)(H2,25,26,28)/t15-,16+,17?/m0/s1. The third-order valence-corrected chi connectivity index (χ3v) is 7.85. The van der Waals surface area contributed by atoms with Crippen LogP contribution in [0.25, 0.3) is 0 Å². The van der Waals surface area contributed by atoms with Crippen molar-refractivity contribution in [1.29, 1.82) is 0 Å². The Kier molecular flexibility index (Phi) is 6.58. The highest BCUT2D eigenvalue weighted by Gasteiger charge is 2.36. The third-order valence-electron chi connectivity index (χ3n) is 6.74. The summed E-state index contributed by atoms with van der Waals surface area (Å²) in [5, 5.41) is 6.64. The molecule has 1 unspecified atom stereocenters. The second-order valence-corrected chi connectivity index (χ2v) is 11.1. The predicted octanol–water partition coefficient (Wildman–Crippen LogP) is 2.71. The number of aryl methyl sites for hydroxylation is 1. The number of primary amides is 1. The van der Waals surface area contributed by atoms with Gasteiger partial charge < -0.3 is 21.3 Å². The molecule has 1 aromatic carbocycles.